The molecule has 0 bridgehead atoms. The van der Waals surface area contributed by atoms with Gasteiger partial charge in [0.25, 0.3) is 0 Å². The van der Waals surface area contributed by atoms with E-state index in [1.165, 1.54) is 51.4 Å². The molecule has 0 aliphatic heterocycles. The van der Waals surface area contributed by atoms with E-state index in [-0.39, 0.29) is 12.8 Å². The number of hydrogen-bond donors (Lipinski definition) is 3. The molecule has 0 amide bonds. The van der Waals surface area contributed by atoms with Crippen molar-refractivity contribution < 1.29 is 37.9 Å². The molecular formula is C18H37O8S-. The molecule has 9 heteroatoms. The second-order valence-corrected chi connectivity index (χ2v) is 5.93. The predicted molar refractivity (Wildman–Crippen MR) is 105 cm³/mol. The predicted octanol–water partition coefficient (Wildman–Crippen LogP) is 4.41. The van der Waals surface area contributed by atoms with Crippen LogP contribution in [0, 0.1) is 0 Å². The topological polar surface area (TPSA) is 152 Å². The Bertz CT molecular complexity index is 330. The maximum atomic E-state index is 10.0. The zero-order valence-corrected chi connectivity index (χ0v) is 17.7. The number of carbonyl (C=O) groups is 3. The molecule has 0 heterocycles. The summed E-state index contributed by atoms with van der Waals surface area (Å²) in [6, 6.07) is 0. The molecule has 0 spiro atoms. The quantitative estimate of drug-likeness (QED) is 0.242. The van der Waals surface area contributed by atoms with Crippen LogP contribution in [0.25, 0.3) is 0 Å². The molecule has 0 aliphatic rings. The first-order valence-electron chi connectivity index (χ1n) is 9.34. The number of carboxylic acids is 2. The van der Waals surface area contributed by atoms with Crippen molar-refractivity contribution in [3.63, 3.8) is 0 Å². The van der Waals surface area contributed by atoms with Gasteiger partial charge >= 0.3 is 11.9 Å². The monoisotopic (exact) mass is 413 g/mol. The largest absolute Gasteiger partial charge is 0.750 e. The van der Waals surface area contributed by atoms with Crippen LogP contribution in [0.2, 0.25) is 0 Å². The van der Waals surface area contributed by atoms with Crippen molar-refractivity contribution in [3.05, 3.63) is 0 Å². The van der Waals surface area contributed by atoms with Gasteiger partial charge in [-0.3, -0.25) is 9.59 Å². The molecule has 164 valence electrons. The molecule has 27 heavy (non-hydrogen) atoms. The summed E-state index contributed by atoms with van der Waals surface area (Å²) in [4.78, 5) is 28.7. The molecule has 0 aliphatic carbocycles. The maximum absolute atomic E-state index is 10.0. The van der Waals surface area contributed by atoms with E-state index < -0.39 is 23.3 Å². The van der Waals surface area contributed by atoms with Crippen LogP contribution in [0.3, 0.4) is 0 Å². The molecule has 0 aromatic rings. The second kappa shape index (κ2) is 32.4. The first-order chi connectivity index (χ1) is 12.7. The smallest absolute Gasteiger partial charge is 0.303 e. The van der Waals surface area contributed by atoms with E-state index in [0.717, 1.165) is 19.1 Å². The van der Waals surface area contributed by atoms with Crippen LogP contribution >= 0.6 is 0 Å². The van der Waals surface area contributed by atoms with Crippen molar-refractivity contribution in [2.75, 3.05) is 0 Å². The Morgan fingerprint density at radius 3 is 1.30 bits per heavy atom. The zero-order valence-electron chi connectivity index (χ0n) is 16.9. The molecule has 0 radical (unpaired) electrons. The van der Waals surface area contributed by atoms with E-state index in [2.05, 4.69) is 6.92 Å². The Morgan fingerprint density at radius 2 is 1.07 bits per heavy atom. The van der Waals surface area contributed by atoms with Gasteiger partial charge < -0.3 is 24.1 Å². The van der Waals surface area contributed by atoms with Gasteiger partial charge in [0.05, 0.1) is 11.4 Å². The molecule has 1 atom stereocenters. The Hall–Kier alpha value is -1.32. The number of unbranched alkanes of at least 4 members (excludes halogenated alkanes) is 9. The molecule has 3 N–H and O–H groups in total. The Balaban J connectivity index is -0.000000155. The third kappa shape index (κ3) is 79.0. The number of carbonyl (C=O) groups excluding carboxylic acids is 1. The van der Waals surface area contributed by atoms with Gasteiger partial charge in [0.2, 0.25) is 0 Å². The minimum absolute atomic E-state index is 0.222. The van der Waals surface area contributed by atoms with Crippen LogP contribution in [0.1, 0.15) is 97.8 Å². The third-order valence-corrected chi connectivity index (χ3v) is 3.03. The van der Waals surface area contributed by atoms with Gasteiger partial charge in [-0.2, -0.15) is 0 Å². The lowest BCUT2D eigenvalue weighted by Gasteiger charge is -1.99. The molecule has 0 saturated carbocycles. The van der Waals surface area contributed by atoms with E-state index in [0.29, 0.717) is 0 Å². The minimum Gasteiger partial charge on any atom is -0.750 e. The standard InChI is InChI=1S/C12H24O.2C3H6O2.H2O3S/c1-2-3-4-5-6-7-8-9-10-11-12-13;2*1-2-3(4)5;1-4(2)3/h12H,2-11H2,1H3;2*2H2,1H3,(H,4,5);(H2,1,2,3)/p-1. The summed E-state index contributed by atoms with van der Waals surface area (Å²) in [5, 5.41) is 15.4. The highest BCUT2D eigenvalue weighted by atomic mass is 32.2. The summed E-state index contributed by atoms with van der Waals surface area (Å²) >= 11 is -2.86. The van der Waals surface area contributed by atoms with Gasteiger partial charge in [0, 0.05) is 19.3 Å². The van der Waals surface area contributed by atoms with Gasteiger partial charge in [0.15, 0.2) is 0 Å². The van der Waals surface area contributed by atoms with Gasteiger partial charge in [0.1, 0.15) is 6.29 Å². The molecule has 1 unspecified atom stereocenters. The van der Waals surface area contributed by atoms with E-state index >= 15 is 0 Å². The molecule has 0 aromatic carbocycles. The Kier molecular flexibility index (Phi) is 39.9. The first kappa shape index (κ1) is 33.3. The van der Waals surface area contributed by atoms with Gasteiger partial charge in [-0.1, -0.05) is 72.1 Å². The van der Waals surface area contributed by atoms with E-state index in [1.807, 2.05) is 0 Å². The number of rotatable bonds is 12. The number of aliphatic carboxylic acids is 2. The van der Waals surface area contributed by atoms with Crippen molar-refractivity contribution in [2.45, 2.75) is 97.8 Å². The van der Waals surface area contributed by atoms with Gasteiger partial charge in [-0.05, 0) is 6.42 Å². The Labute approximate surface area is 165 Å². The summed E-state index contributed by atoms with van der Waals surface area (Å²) in [6.07, 6.45) is 14.2. The average Bonchev–Trinajstić information content (AvgIpc) is 2.61. The second-order valence-electron chi connectivity index (χ2n) is 5.50. The Morgan fingerprint density at radius 1 is 0.815 bits per heavy atom. The molecule has 0 rings (SSSR count). The fourth-order valence-electron chi connectivity index (χ4n) is 1.54. The maximum Gasteiger partial charge on any atom is 0.303 e. The van der Waals surface area contributed by atoms with Crippen LogP contribution in [-0.2, 0) is 25.7 Å². The van der Waals surface area contributed by atoms with Crippen LogP contribution in [0.15, 0.2) is 0 Å². The lowest BCUT2D eigenvalue weighted by atomic mass is 10.1. The normalized spacial score (nSPS) is 9.96. The van der Waals surface area contributed by atoms with Crippen molar-refractivity contribution in [1.82, 2.24) is 0 Å². The molecule has 0 saturated heterocycles. The summed E-state index contributed by atoms with van der Waals surface area (Å²) in [5.41, 5.74) is 0. The number of hydrogen-bond acceptors (Lipinski definition) is 5. The zero-order chi connectivity index (χ0) is 21.9. The van der Waals surface area contributed by atoms with Crippen molar-refractivity contribution in [1.29, 1.82) is 0 Å². The SMILES string of the molecule is CCC(=O)O.CCC(=O)O.CCCCCCCCCCCC=O.O=S([O-])O. The highest BCUT2D eigenvalue weighted by molar-refractivity contribution is 7.73. The van der Waals surface area contributed by atoms with E-state index in [4.69, 9.17) is 23.5 Å². The van der Waals surface area contributed by atoms with E-state index in [1.54, 1.807) is 13.8 Å². The summed E-state index contributed by atoms with van der Waals surface area (Å²) in [5.74, 6) is -1.49. The molecule has 0 fully saturated rings. The average molecular weight is 414 g/mol. The van der Waals surface area contributed by atoms with Gasteiger partial charge in [-0.15, -0.1) is 0 Å². The van der Waals surface area contributed by atoms with Crippen molar-refractivity contribution in [3.8, 4) is 0 Å². The highest BCUT2D eigenvalue weighted by Gasteiger charge is 1.91. The number of aldehydes is 1. The van der Waals surface area contributed by atoms with Crippen LogP contribution in [0.5, 0.6) is 0 Å². The summed E-state index contributed by atoms with van der Waals surface area (Å²) < 4.78 is 24.1. The summed E-state index contributed by atoms with van der Waals surface area (Å²) in [6.45, 7) is 5.45. The summed E-state index contributed by atoms with van der Waals surface area (Å²) in [7, 11) is 0. The number of carboxylic acid groups (broad SMARTS) is 2. The fraction of sp³-hybridized carbons (Fsp3) is 0.833. The minimum atomic E-state index is -2.86. The lowest BCUT2D eigenvalue weighted by molar-refractivity contribution is -0.137. The molecule has 8 nitrogen and oxygen atoms in total. The first-order valence-corrected chi connectivity index (χ1v) is 10.4. The van der Waals surface area contributed by atoms with Crippen LogP contribution < -0.4 is 0 Å². The van der Waals surface area contributed by atoms with Crippen molar-refractivity contribution >= 4 is 29.6 Å². The van der Waals surface area contributed by atoms with Gasteiger partial charge in [-0.25, -0.2) is 4.21 Å². The van der Waals surface area contributed by atoms with E-state index in [9.17, 15) is 14.4 Å². The molecular weight excluding hydrogens is 376 g/mol. The van der Waals surface area contributed by atoms with Crippen LogP contribution in [0.4, 0.5) is 0 Å². The lowest BCUT2D eigenvalue weighted by Crippen LogP contribution is -1.86. The highest BCUT2D eigenvalue weighted by Crippen LogP contribution is 2.09. The van der Waals surface area contributed by atoms with Crippen molar-refractivity contribution in [2.24, 2.45) is 0 Å². The van der Waals surface area contributed by atoms with Crippen LogP contribution in [-0.4, -0.2) is 41.8 Å². The third-order valence-electron chi connectivity index (χ3n) is 3.03. The fourth-order valence-corrected chi connectivity index (χ4v) is 1.54. The molecule has 0 aromatic heterocycles.